The lowest BCUT2D eigenvalue weighted by Crippen LogP contribution is -2.70. The van der Waals surface area contributed by atoms with Crippen molar-refractivity contribution >= 4 is 40.2 Å². The van der Waals surface area contributed by atoms with Gasteiger partial charge in [0.2, 0.25) is 16.9 Å². The van der Waals surface area contributed by atoms with Crippen molar-refractivity contribution in [1.29, 1.82) is 0 Å². The average Bonchev–Trinajstić information content (AvgIpc) is 3.77. The number of carboxylic acids is 1. The first-order valence-electron chi connectivity index (χ1n) is 19.7. The van der Waals surface area contributed by atoms with Gasteiger partial charge in [-0.15, -0.1) is 0 Å². The number of alkyl halides is 5. The lowest BCUT2D eigenvalue weighted by atomic mass is 9.48. The largest absolute Gasteiger partial charge is 0.490 e. The second kappa shape index (κ2) is 13.5. The molecule has 1 aromatic carbocycles. The molecule has 0 atom stereocenters. The van der Waals surface area contributed by atoms with Crippen molar-refractivity contribution in [3.63, 3.8) is 0 Å². The lowest BCUT2D eigenvalue weighted by molar-refractivity contribution is -0.163. The summed E-state index contributed by atoms with van der Waals surface area (Å²) in [5.41, 5.74) is -1.20. The van der Waals surface area contributed by atoms with E-state index >= 15 is 8.78 Å². The lowest BCUT2D eigenvalue weighted by Gasteiger charge is -2.59. The molecule has 56 heavy (non-hydrogen) atoms. The first-order valence-corrected chi connectivity index (χ1v) is 20.5. The van der Waals surface area contributed by atoms with Crippen LogP contribution in [-0.4, -0.2) is 67.6 Å². The molecule has 11 nitrogen and oxygen atoms in total. The summed E-state index contributed by atoms with van der Waals surface area (Å²) >= 11 is 0.735. The number of amides is 1. The van der Waals surface area contributed by atoms with Gasteiger partial charge in [0.1, 0.15) is 23.1 Å². The molecule has 2 N–H and O–H groups in total. The number of nitrogens with zero attached hydrogens (tertiary/aromatic N) is 6. The number of hydrogen-bond acceptors (Lipinski definition) is 10. The maximum atomic E-state index is 15.5. The molecular weight excluding hydrogens is 758 g/mol. The van der Waals surface area contributed by atoms with E-state index in [1.54, 1.807) is 4.90 Å². The number of piperidine rings is 1. The molecule has 2 aliphatic heterocycles. The molecule has 0 unspecified atom stereocenters. The van der Waals surface area contributed by atoms with Crippen LogP contribution in [0.3, 0.4) is 0 Å². The summed E-state index contributed by atoms with van der Waals surface area (Å²) in [6.45, 7) is 2.08. The Morgan fingerprint density at radius 1 is 0.964 bits per heavy atom. The van der Waals surface area contributed by atoms with Crippen molar-refractivity contribution in [3.8, 4) is 5.75 Å². The number of hydrogen-bond donors (Lipinski definition) is 2. The number of halogens is 5. The number of fused-ring (bicyclic) bond motifs is 2. The molecule has 5 aliphatic carbocycles. The summed E-state index contributed by atoms with van der Waals surface area (Å²) in [5.74, 6) is -5.61. The quantitative estimate of drug-likeness (QED) is 0.217. The van der Waals surface area contributed by atoms with Gasteiger partial charge < -0.3 is 25.0 Å². The molecular formula is C39H44F5N7O4S. The number of carbonyl (C=O) groups is 2. The molecule has 7 aliphatic rings. The number of anilines is 3. The number of ether oxygens (including phenoxy) is 1. The monoisotopic (exact) mass is 801 g/mol. The molecule has 5 saturated carbocycles. The highest BCUT2D eigenvalue weighted by molar-refractivity contribution is 7.09. The van der Waals surface area contributed by atoms with Gasteiger partial charge in [-0.3, -0.25) is 4.79 Å². The van der Waals surface area contributed by atoms with Gasteiger partial charge in [-0.2, -0.15) is 31.3 Å². The Balaban J connectivity index is 0.964. The molecule has 0 radical (unpaired) electrons. The Hall–Kier alpha value is -4.15. The summed E-state index contributed by atoms with van der Waals surface area (Å²) in [6.07, 6.45) is 6.22. The van der Waals surface area contributed by atoms with Crippen molar-refractivity contribution in [2.75, 3.05) is 29.4 Å². The number of rotatable bonds is 8. The maximum absolute atomic E-state index is 15.5. The van der Waals surface area contributed by atoms with E-state index in [-0.39, 0.29) is 34.4 Å². The molecule has 1 spiro atoms. The molecule has 10 rings (SSSR count). The SMILES string of the molecule is CC(F)(F)c1nc(N2CC3(CCCCC3)c3cc(OC4CCN(c5nc(C(F)(F)F)ns5)CC4)ccc32)ncc1C(=O)NC1(C(=O)O)C2CC3CC(C2)CC1C3. The average molecular weight is 802 g/mol. The van der Waals surface area contributed by atoms with Crippen LogP contribution in [0.2, 0.25) is 0 Å². The second-order valence-corrected chi connectivity index (χ2v) is 17.8. The van der Waals surface area contributed by atoms with E-state index in [0.717, 1.165) is 67.5 Å². The molecule has 6 fully saturated rings. The van der Waals surface area contributed by atoms with E-state index in [9.17, 15) is 27.9 Å². The number of carboxylic acid groups (broad SMARTS) is 1. The van der Waals surface area contributed by atoms with Gasteiger partial charge in [0.15, 0.2) is 0 Å². The maximum Gasteiger partial charge on any atom is 0.452 e. The van der Waals surface area contributed by atoms with Crippen LogP contribution >= 0.6 is 11.5 Å². The van der Waals surface area contributed by atoms with Crippen LogP contribution in [0.5, 0.6) is 5.75 Å². The van der Waals surface area contributed by atoms with Gasteiger partial charge in [-0.25, -0.2) is 14.8 Å². The highest BCUT2D eigenvalue weighted by atomic mass is 32.1. The minimum absolute atomic E-state index is 0.0377. The molecule has 1 saturated heterocycles. The Morgan fingerprint density at radius 3 is 2.25 bits per heavy atom. The third kappa shape index (κ3) is 6.35. The standard InChI is InChI=1S/C39H44F5N7O4S/c1-36(40,41)30-27(31(52)48-38(33(53)54)23-14-21-13-22(16-23)17-24(38)15-21)19-45-34(46-30)51-20-37(9-3-2-4-10-37)28-18-26(5-6-29(28)51)55-25-7-11-50(12-8-25)35-47-32(49-56-35)39(42,43)44/h5-6,18-19,21-25H,2-4,7-17,20H2,1H3,(H,48,52)(H,53,54). The predicted octanol–water partition coefficient (Wildman–Crippen LogP) is 7.87. The summed E-state index contributed by atoms with van der Waals surface area (Å²) in [5, 5.41) is 13.6. The molecule has 1 amide bonds. The zero-order valence-corrected chi connectivity index (χ0v) is 31.8. The molecule has 300 valence electrons. The fourth-order valence-corrected chi connectivity index (χ4v) is 11.9. The van der Waals surface area contributed by atoms with Gasteiger partial charge in [0.25, 0.3) is 11.8 Å². The normalized spacial score (nSPS) is 28.5. The van der Waals surface area contributed by atoms with Crippen LogP contribution in [-0.2, 0) is 22.3 Å². The third-order valence-corrected chi connectivity index (χ3v) is 14.3. The highest BCUT2D eigenvalue weighted by Gasteiger charge is 2.62. The van der Waals surface area contributed by atoms with Gasteiger partial charge in [0, 0.05) is 68.2 Å². The summed E-state index contributed by atoms with van der Waals surface area (Å²) in [6, 6.07) is 5.73. The summed E-state index contributed by atoms with van der Waals surface area (Å²) in [7, 11) is 0. The van der Waals surface area contributed by atoms with E-state index < -0.39 is 46.6 Å². The highest BCUT2D eigenvalue weighted by Crippen LogP contribution is 2.59. The van der Waals surface area contributed by atoms with E-state index in [1.165, 1.54) is 0 Å². The zero-order valence-electron chi connectivity index (χ0n) is 31.0. The summed E-state index contributed by atoms with van der Waals surface area (Å²) in [4.78, 5) is 43.1. The van der Waals surface area contributed by atoms with Crippen molar-refractivity contribution in [3.05, 3.63) is 47.0 Å². The van der Waals surface area contributed by atoms with E-state index in [4.69, 9.17) is 4.74 Å². The second-order valence-electron chi connectivity index (χ2n) is 17.1. The van der Waals surface area contributed by atoms with Crippen molar-refractivity contribution in [1.82, 2.24) is 24.6 Å². The molecule has 17 heteroatoms. The molecule has 4 heterocycles. The number of nitrogens with one attached hydrogen (secondary N) is 1. The van der Waals surface area contributed by atoms with E-state index in [1.807, 2.05) is 23.1 Å². The molecule has 2 aromatic heterocycles. The van der Waals surface area contributed by atoms with Crippen LogP contribution in [0, 0.1) is 23.7 Å². The Kier molecular flexibility index (Phi) is 9.00. The first-order chi connectivity index (χ1) is 26.6. The van der Waals surface area contributed by atoms with Gasteiger partial charge >= 0.3 is 12.1 Å². The van der Waals surface area contributed by atoms with Crippen LogP contribution in [0.25, 0.3) is 0 Å². The van der Waals surface area contributed by atoms with Gasteiger partial charge in [0.05, 0.1) is 5.56 Å². The smallest absolute Gasteiger partial charge is 0.452 e. The fraction of sp³-hybridized carbons (Fsp3) is 0.641. The fourth-order valence-electron chi connectivity index (χ4n) is 11.2. The van der Waals surface area contributed by atoms with Gasteiger partial charge in [-0.1, -0.05) is 19.3 Å². The van der Waals surface area contributed by atoms with Crippen LogP contribution in [0.4, 0.5) is 38.7 Å². The van der Waals surface area contributed by atoms with E-state index in [2.05, 4.69) is 24.6 Å². The van der Waals surface area contributed by atoms with Crippen molar-refractivity contribution < 1.29 is 41.4 Å². The van der Waals surface area contributed by atoms with Crippen LogP contribution < -0.4 is 19.9 Å². The summed E-state index contributed by atoms with van der Waals surface area (Å²) < 4.78 is 80.0. The van der Waals surface area contributed by atoms with Gasteiger partial charge in [-0.05, 0) is 92.4 Å². The van der Waals surface area contributed by atoms with Crippen molar-refractivity contribution in [2.45, 2.75) is 113 Å². The number of aliphatic carboxylic acids is 1. The predicted molar refractivity (Wildman–Crippen MR) is 195 cm³/mol. The topological polar surface area (TPSA) is 134 Å². The third-order valence-electron chi connectivity index (χ3n) is 13.6. The number of aromatic nitrogens is 4. The zero-order chi connectivity index (χ0) is 39.2. The molecule has 4 bridgehead atoms. The Morgan fingerprint density at radius 2 is 1.64 bits per heavy atom. The first kappa shape index (κ1) is 37.4. The minimum Gasteiger partial charge on any atom is -0.490 e. The van der Waals surface area contributed by atoms with E-state index in [0.29, 0.717) is 82.7 Å². The van der Waals surface area contributed by atoms with Crippen molar-refractivity contribution in [2.24, 2.45) is 23.7 Å². The van der Waals surface area contributed by atoms with Crippen LogP contribution in [0.1, 0.15) is 111 Å². The Bertz CT molecular complexity index is 2000. The number of carbonyl (C=O) groups excluding carboxylic acids is 1. The molecule has 3 aromatic rings. The Labute approximate surface area is 324 Å². The number of benzene rings is 1. The van der Waals surface area contributed by atoms with Crippen LogP contribution in [0.15, 0.2) is 24.4 Å². The minimum atomic E-state index is -4.59.